The average molecular weight is 321 g/mol. The number of ether oxygens (including phenoxy) is 1. The van der Waals surface area contributed by atoms with Gasteiger partial charge in [0.25, 0.3) is 0 Å². The van der Waals surface area contributed by atoms with E-state index in [1.807, 2.05) is 55.5 Å². The van der Waals surface area contributed by atoms with E-state index in [1.165, 1.54) is 0 Å². The second-order valence-electron chi connectivity index (χ2n) is 4.39. The van der Waals surface area contributed by atoms with Gasteiger partial charge < -0.3 is 15.4 Å². The summed E-state index contributed by atoms with van der Waals surface area (Å²) in [6.45, 7) is 3.30. The smallest absolute Gasteiger partial charge is 0.171 e. The van der Waals surface area contributed by atoms with Gasteiger partial charge in [-0.15, -0.1) is 0 Å². The van der Waals surface area contributed by atoms with E-state index in [4.69, 9.17) is 28.6 Å². The number of nitrogens with one attached hydrogen (secondary N) is 2. The van der Waals surface area contributed by atoms with Crippen molar-refractivity contribution in [2.75, 3.05) is 11.9 Å². The van der Waals surface area contributed by atoms with Crippen molar-refractivity contribution in [2.24, 2.45) is 0 Å². The fraction of sp³-hybridized carbons (Fsp3) is 0.188. The summed E-state index contributed by atoms with van der Waals surface area (Å²) in [6.07, 6.45) is 0. The van der Waals surface area contributed by atoms with E-state index in [-0.39, 0.29) is 0 Å². The Morgan fingerprint density at radius 3 is 2.38 bits per heavy atom. The maximum absolute atomic E-state index is 5.84. The Hall–Kier alpha value is -1.78. The minimum atomic E-state index is 0.575. The highest BCUT2D eigenvalue weighted by Gasteiger charge is 1.99. The molecule has 3 nitrogen and oxygen atoms in total. The number of rotatable bonds is 5. The molecule has 0 radical (unpaired) electrons. The molecule has 0 aliphatic carbocycles. The van der Waals surface area contributed by atoms with Crippen molar-refractivity contribution in [1.82, 2.24) is 5.32 Å². The quantitative estimate of drug-likeness (QED) is 0.808. The molecule has 5 heteroatoms. The standard InChI is InChI=1S/C16H17ClN2OS/c1-2-20-15-9-3-12(4-10-15)11-18-16(21)19-14-7-5-13(17)6-8-14/h3-10H,2,11H2,1H3,(H2,18,19,21). The highest BCUT2D eigenvalue weighted by atomic mass is 35.5. The molecule has 0 amide bonds. The molecule has 2 N–H and O–H groups in total. The van der Waals surface area contributed by atoms with Crippen LogP contribution in [0, 0.1) is 0 Å². The normalized spacial score (nSPS) is 10.0. The van der Waals surface area contributed by atoms with Gasteiger partial charge in [0.1, 0.15) is 5.75 Å². The minimum Gasteiger partial charge on any atom is -0.494 e. The number of benzene rings is 2. The molecule has 0 saturated heterocycles. The number of hydrogen-bond acceptors (Lipinski definition) is 2. The Bertz CT molecular complexity index is 584. The molecule has 0 aromatic heterocycles. The summed E-state index contributed by atoms with van der Waals surface area (Å²) in [6, 6.07) is 15.3. The summed E-state index contributed by atoms with van der Waals surface area (Å²) < 4.78 is 5.41. The molecular weight excluding hydrogens is 304 g/mol. The summed E-state index contributed by atoms with van der Waals surface area (Å²) in [5, 5.41) is 7.55. The molecule has 0 bridgehead atoms. The first-order valence-corrected chi connectivity index (χ1v) is 7.48. The fourth-order valence-corrected chi connectivity index (χ4v) is 2.08. The Morgan fingerprint density at radius 2 is 1.76 bits per heavy atom. The molecule has 0 aliphatic rings. The number of thiocarbonyl (C=S) groups is 1. The zero-order valence-electron chi connectivity index (χ0n) is 11.7. The molecule has 0 fully saturated rings. The predicted molar refractivity (Wildman–Crippen MR) is 92.1 cm³/mol. The van der Waals surface area contributed by atoms with Crippen LogP contribution in [-0.2, 0) is 6.54 Å². The largest absolute Gasteiger partial charge is 0.494 e. The Labute approximate surface area is 135 Å². The third-order valence-electron chi connectivity index (χ3n) is 2.79. The summed E-state index contributed by atoms with van der Waals surface area (Å²) in [5.74, 6) is 0.878. The lowest BCUT2D eigenvalue weighted by molar-refractivity contribution is 0.340. The lowest BCUT2D eigenvalue weighted by Crippen LogP contribution is -2.27. The van der Waals surface area contributed by atoms with Crippen LogP contribution in [0.15, 0.2) is 48.5 Å². The number of halogens is 1. The Balaban J connectivity index is 1.81. The summed E-state index contributed by atoms with van der Waals surface area (Å²) in [4.78, 5) is 0. The average Bonchev–Trinajstić information content (AvgIpc) is 2.49. The van der Waals surface area contributed by atoms with E-state index in [1.54, 1.807) is 0 Å². The molecule has 2 aromatic carbocycles. The minimum absolute atomic E-state index is 0.575. The zero-order valence-corrected chi connectivity index (χ0v) is 13.3. The lowest BCUT2D eigenvalue weighted by atomic mass is 10.2. The van der Waals surface area contributed by atoms with Gasteiger partial charge in [0, 0.05) is 17.3 Å². The summed E-state index contributed by atoms with van der Waals surface area (Å²) in [5.41, 5.74) is 2.04. The molecule has 110 valence electrons. The summed E-state index contributed by atoms with van der Waals surface area (Å²) >= 11 is 11.1. The monoisotopic (exact) mass is 320 g/mol. The third-order valence-corrected chi connectivity index (χ3v) is 3.29. The molecule has 0 spiro atoms. The Morgan fingerprint density at radius 1 is 1.10 bits per heavy atom. The van der Waals surface area contributed by atoms with E-state index in [0.717, 1.165) is 17.0 Å². The van der Waals surface area contributed by atoms with Gasteiger partial charge in [-0.25, -0.2) is 0 Å². The maximum atomic E-state index is 5.84. The molecule has 0 heterocycles. The molecule has 21 heavy (non-hydrogen) atoms. The van der Waals surface area contributed by atoms with E-state index in [2.05, 4.69) is 10.6 Å². The van der Waals surface area contributed by atoms with Crippen LogP contribution >= 0.6 is 23.8 Å². The summed E-state index contributed by atoms with van der Waals surface area (Å²) in [7, 11) is 0. The molecule has 2 aromatic rings. The lowest BCUT2D eigenvalue weighted by Gasteiger charge is -2.11. The predicted octanol–water partition coefficient (Wildman–Crippen LogP) is 4.23. The molecule has 0 saturated carbocycles. The van der Waals surface area contributed by atoms with Gasteiger partial charge in [0.05, 0.1) is 6.61 Å². The van der Waals surface area contributed by atoms with Gasteiger partial charge in [-0.05, 0) is 61.1 Å². The zero-order chi connectivity index (χ0) is 15.1. The van der Waals surface area contributed by atoms with Gasteiger partial charge in [-0.2, -0.15) is 0 Å². The Kier molecular flexibility index (Phi) is 5.84. The first-order chi connectivity index (χ1) is 10.2. The van der Waals surface area contributed by atoms with E-state index in [0.29, 0.717) is 23.3 Å². The number of hydrogen-bond donors (Lipinski definition) is 2. The van der Waals surface area contributed by atoms with Crippen LogP contribution < -0.4 is 15.4 Å². The van der Waals surface area contributed by atoms with Gasteiger partial charge in [0.15, 0.2) is 5.11 Å². The van der Waals surface area contributed by atoms with E-state index < -0.39 is 0 Å². The molecule has 0 unspecified atom stereocenters. The van der Waals surface area contributed by atoms with Crippen LogP contribution in [0.5, 0.6) is 5.75 Å². The van der Waals surface area contributed by atoms with Gasteiger partial charge >= 0.3 is 0 Å². The van der Waals surface area contributed by atoms with Crippen molar-refractivity contribution in [1.29, 1.82) is 0 Å². The van der Waals surface area contributed by atoms with Crippen molar-refractivity contribution in [3.63, 3.8) is 0 Å². The van der Waals surface area contributed by atoms with Crippen LogP contribution in [0.3, 0.4) is 0 Å². The van der Waals surface area contributed by atoms with Gasteiger partial charge in [-0.3, -0.25) is 0 Å². The van der Waals surface area contributed by atoms with E-state index in [9.17, 15) is 0 Å². The molecular formula is C16H17ClN2OS. The highest BCUT2D eigenvalue weighted by Crippen LogP contribution is 2.14. The van der Waals surface area contributed by atoms with Gasteiger partial charge in [-0.1, -0.05) is 23.7 Å². The molecule has 0 atom stereocenters. The van der Waals surface area contributed by atoms with Crippen molar-refractivity contribution < 1.29 is 4.74 Å². The van der Waals surface area contributed by atoms with Crippen LogP contribution in [-0.4, -0.2) is 11.7 Å². The van der Waals surface area contributed by atoms with Crippen molar-refractivity contribution in [2.45, 2.75) is 13.5 Å². The fourth-order valence-electron chi connectivity index (χ4n) is 1.76. The second-order valence-corrected chi connectivity index (χ2v) is 5.24. The van der Waals surface area contributed by atoms with Crippen LogP contribution in [0.2, 0.25) is 5.02 Å². The van der Waals surface area contributed by atoms with Gasteiger partial charge in [0.2, 0.25) is 0 Å². The van der Waals surface area contributed by atoms with Crippen LogP contribution in [0.25, 0.3) is 0 Å². The van der Waals surface area contributed by atoms with Crippen LogP contribution in [0.1, 0.15) is 12.5 Å². The van der Waals surface area contributed by atoms with Crippen LogP contribution in [0.4, 0.5) is 5.69 Å². The first-order valence-electron chi connectivity index (χ1n) is 6.69. The first kappa shape index (κ1) is 15.6. The second kappa shape index (κ2) is 7.86. The highest BCUT2D eigenvalue weighted by molar-refractivity contribution is 7.80. The van der Waals surface area contributed by atoms with Crippen molar-refractivity contribution in [3.05, 3.63) is 59.1 Å². The third kappa shape index (κ3) is 5.25. The van der Waals surface area contributed by atoms with E-state index >= 15 is 0 Å². The van der Waals surface area contributed by atoms with Crippen molar-refractivity contribution >= 4 is 34.6 Å². The number of anilines is 1. The van der Waals surface area contributed by atoms with Crippen molar-refractivity contribution in [3.8, 4) is 5.75 Å². The molecule has 2 rings (SSSR count). The topological polar surface area (TPSA) is 33.3 Å². The maximum Gasteiger partial charge on any atom is 0.171 e. The SMILES string of the molecule is CCOc1ccc(CNC(=S)Nc2ccc(Cl)cc2)cc1. The molecule has 0 aliphatic heterocycles.